The number of Topliss-reactive ketones (excluding diaryl/α,β-unsaturated/α-hetero) is 1. The summed E-state index contributed by atoms with van der Waals surface area (Å²) in [6.07, 6.45) is 3.12. The van der Waals surface area contributed by atoms with Crippen LogP contribution in [0, 0.1) is 0 Å². The smallest absolute Gasteiger partial charge is 0.179 e. The minimum atomic E-state index is 0.111. The molecule has 1 aromatic heterocycles. The van der Waals surface area contributed by atoms with Gasteiger partial charge >= 0.3 is 0 Å². The molecule has 0 aliphatic carbocycles. The molecule has 0 bridgehead atoms. The normalized spacial score (nSPS) is 12.4. The maximum Gasteiger partial charge on any atom is 0.179 e. The second-order valence-corrected chi connectivity index (χ2v) is 8.43. The lowest BCUT2D eigenvalue weighted by Gasteiger charge is -2.26. The number of hydrogen-bond acceptors (Lipinski definition) is 1. The van der Waals surface area contributed by atoms with Crippen molar-refractivity contribution < 1.29 is 4.79 Å². The van der Waals surface area contributed by atoms with E-state index in [9.17, 15) is 4.79 Å². The van der Waals surface area contributed by atoms with E-state index in [0.29, 0.717) is 12.1 Å². The summed E-state index contributed by atoms with van der Waals surface area (Å²) < 4.78 is 0. The van der Waals surface area contributed by atoms with Crippen LogP contribution in [0.1, 0.15) is 75.1 Å². The number of aromatic nitrogens is 1. The highest BCUT2D eigenvalue weighted by Crippen LogP contribution is 2.30. The average molecular weight is 311 g/mol. The third-order valence-corrected chi connectivity index (χ3v) is 4.26. The molecule has 0 amide bonds. The molecule has 0 atom stereocenters. The number of carbonyl (C=O) groups is 1. The number of benzene rings is 1. The Bertz CT molecular complexity index is 635. The first-order valence-electron chi connectivity index (χ1n) is 8.39. The van der Waals surface area contributed by atoms with Crippen LogP contribution in [0.3, 0.4) is 0 Å². The van der Waals surface area contributed by atoms with Gasteiger partial charge in [0.25, 0.3) is 0 Å². The van der Waals surface area contributed by atoms with Crippen LogP contribution in [-0.4, -0.2) is 10.8 Å². The minimum absolute atomic E-state index is 0.111. The first kappa shape index (κ1) is 17.5. The zero-order valence-electron chi connectivity index (χ0n) is 15.3. The van der Waals surface area contributed by atoms with Gasteiger partial charge in [-0.2, -0.15) is 0 Å². The fraction of sp³-hybridized carbons (Fsp3) is 0.476. The van der Waals surface area contributed by atoms with Crippen molar-refractivity contribution in [2.24, 2.45) is 0 Å². The Morgan fingerprint density at radius 1 is 0.957 bits per heavy atom. The van der Waals surface area contributed by atoms with Crippen molar-refractivity contribution in [3.63, 3.8) is 0 Å². The molecule has 2 rings (SSSR count). The van der Waals surface area contributed by atoms with Gasteiger partial charge in [-0.15, -0.1) is 0 Å². The summed E-state index contributed by atoms with van der Waals surface area (Å²) in [4.78, 5) is 15.2. The summed E-state index contributed by atoms with van der Waals surface area (Å²) in [6, 6.07) is 10.5. The third kappa shape index (κ3) is 4.57. The van der Waals surface area contributed by atoms with Gasteiger partial charge in [0.2, 0.25) is 0 Å². The van der Waals surface area contributed by atoms with Gasteiger partial charge in [-0.3, -0.25) is 4.79 Å². The molecule has 2 aromatic rings. The fourth-order valence-corrected chi connectivity index (χ4v) is 2.60. The van der Waals surface area contributed by atoms with E-state index in [-0.39, 0.29) is 16.6 Å². The standard InChI is InChI=1S/C21H29NO/c1-20(2,3)16-12-15(13-17(14-16)21(4,5)6)9-10-19(23)18-8-7-11-22-18/h7-8,11-14,22H,9-10H2,1-6H3. The molecule has 0 radical (unpaired) electrons. The Morgan fingerprint density at radius 3 is 1.96 bits per heavy atom. The van der Waals surface area contributed by atoms with E-state index >= 15 is 0 Å². The summed E-state index contributed by atoms with van der Waals surface area (Å²) in [5.41, 5.74) is 4.86. The summed E-state index contributed by atoms with van der Waals surface area (Å²) in [7, 11) is 0. The molecular formula is C21H29NO. The number of nitrogens with one attached hydrogen (secondary N) is 1. The highest BCUT2D eigenvalue weighted by atomic mass is 16.1. The van der Waals surface area contributed by atoms with E-state index in [4.69, 9.17) is 0 Å². The lowest BCUT2D eigenvalue weighted by atomic mass is 9.79. The van der Waals surface area contributed by atoms with Crippen LogP contribution in [0.4, 0.5) is 0 Å². The van der Waals surface area contributed by atoms with E-state index in [1.165, 1.54) is 16.7 Å². The van der Waals surface area contributed by atoms with Gasteiger partial charge in [-0.25, -0.2) is 0 Å². The van der Waals surface area contributed by atoms with Crippen LogP contribution >= 0.6 is 0 Å². The molecule has 0 unspecified atom stereocenters. The van der Waals surface area contributed by atoms with Crippen LogP contribution < -0.4 is 0 Å². The number of H-pyrrole nitrogens is 1. The Labute approximate surface area is 140 Å². The van der Waals surface area contributed by atoms with Crippen molar-refractivity contribution in [2.75, 3.05) is 0 Å². The van der Waals surface area contributed by atoms with Crippen LogP contribution in [0.25, 0.3) is 0 Å². The van der Waals surface area contributed by atoms with Gasteiger partial charge in [-0.05, 0) is 46.1 Å². The predicted octanol–water partition coefficient (Wildman–Crippen LogP) is 5.43. The SMILES string of the molecule is CC(C)(C)c1cc(CCC(=O)c2ccc[nH]2)cc(C(C)(C)C)c1. The van der Waals surface area contributed by atoms with Crippen molar-refractivity contribution in [1.82, 2.24) is 4.98 Å². The van der Waals surface area contributed by atoms with Crippen molar-refractivity contribution in [2.45, 2.75) is 65.2 Å². The molecule has 1 N–H and O–H groups in total. The maximum atomic E-state index is 12.2. The minimum Gasteiger partial charge on any atom is -0.359 e. The van der Waals surface area contributed by atoms with E-state index in [1.54, 1.807) is 6.20 Å². The number of hydrogen-bond donors (Lipinski definition) is 1. The van der Waals surface area contributed by atoms with Crippen molar-refractivity contribution in [1.29, 1.82) is 0 Å². The van der Waals surface area contributed by atoms with Gasteiger partial charge in [0.1, 0.15) is 0 Å². The van der Waals surface area contributed by atoms with E-state index in [1.807, 2.05) is 12.1 Å². The molecule has 0 saturated heterocycles. The number of carbonyl (C=O) groups excluding carboxylic acids is 1. The van der Waals surface area contributed by atoms with Gasteiger partial charge < -0.3 is 4.98 Å². The summed E-state index contributed by atoms with van der Waals surface area (Å²) in [5.74, 6) is 0.175. The topological polar surface area (TPSA) is 32.9 Å². The first-order chi connectivity index (χ1) is 10.6. The lowest BCUT2D eigenvalue weighted by Crippen LogP contribution is -2.17. The molecule has 1 aromatic carbocycles. The van der Waals surface area contributed by atoms with Crippen LogP contribution in [-0.2, 0) is 17.3 Å². The number of rotatable bonds is 4. The monoisotopic (exact) mass is 311 g/mol. The second-order valence-electron chi connectivity index (χ2n) is 8.43. The second kappa shape index (κ2) is 6.35. The van der Waals surface area contributed by atoms with Crippen molar-refractivity contribution in [3.8, 4) is 0 Å². The Hall–Kier alpha value is -1.83. The largest absolute Gasteiger partial charge is 0.359 e. The van der Waals surface area contributed by atoms with E-state index < -0.39 is 0 Å². The number of aryl methyl sites for hydroxylation is 1. The average Bonchev–Trinajstić information content (AvgIpc) is 2.96. The molecule has 2 heteroatoms. The molecule has 0 aliphatic heterocycles. The molecule has 0 fully saturated rings. The highest BCUT2D eigenvalue weighted by Gasteiger charge is 2.20. The van der Waals surface area contributed by atoms with E-state index in [0.717, 1.165) is 6.42 Å². The lowest BCUT2D eigenvalue weighted by molar-refractivity contribution is 0.0978. The highest BCUT2D eigenvalue weighted by molar-refractivity contribution is 5.94. The molecule has 0 spiro atoms. The Morgan fingerprint density at radius 2 is 1.52 bits per heavy atom. The van der Waals surface area contributed by atoms with Crippen LogP contribution in [0.5, 0.6) is 0 Å². The first-order valence-corrected chi connectivity index (χ1v) is 8.39. The summed E-state index contributed by atoms with van der Waals surface area (Å²) in [6.45, 7) is 13.4. The molecule has 2 nitrogen and oxygen atoms in total. The molecule has 0 saturated carbocycles. The summed E-state index contributed by atoms with van der Waals surface area (Å²) in [5, 5.41) is 0. The quantitative estimate of drug-likeness (QED) is 0.751. The molecule has 124 valence electrons. The molecule has 1 heterocycles. The third-order valence-electron chi connectivity index (χ3n) is 4.26. The molecular weight excluding hydrogens is 282 g/mol. The van der Waals surface area contributed by atoms with Crippen molar-refractivity contribution >= 4 is 5.78 Å². The van der Waals surface area contributed by atoms with Gasteiger partial charge in [0.05, 0.1) is 5.69 Å². The van der Waals surface area contributed by atoms with E-state index in [2.05, 4.69) is 64.7 Å². The zero-order chi connectivity index (χ0) is 17.3. The maximum absolute atomic E-state index is 12.2. The van der Waals surface area contributed by atoms with Crippen LogP contribution in [0.15, 0.2) is 36.5 Å². The Kier molecular flexibility index (Phi) is 4.84. The van der Waals surface area contributed by atoms with Gasteiger partial charge in [0, 0.05) is 12.6 Å². The van der Waals surface area contributed by atoms with Gasteiger partial charge in [-0.1, -0.05) is 59.7 Å². The number of aromatic amines is 1. The van der Waals surface area contributed by atoms with Gasteiger partial charge in [0.15, 0.2) is 5.78 Å². The summed E-state index contributed by atoms with van der Waals surface area (Å²) >= 11 is 0. The predicted molar refractivity (Wildman–Crippen MR) is 97.3 cm³/mol. The van der Waals surface area contributed by atoms with Crippen LogP contribution in [0.2, 0.25) is 0 Å². The molecule has 23 heavy (non-hydrogen) atoms. The number of ketones is 1. The Balaban J connectivity index is 2.25. The zero-order valence-corrected chi connectivity index (χ0v) is 15.3. The molecule has 0 aliphatic rings. The fourth-order valence-electron chi connectivity index (χ4n) is 2.60. The van der Waals surface area contributed by atoms with Crippen molar-refractivity contribution in [3.05, 3.63) is 58.9 Å².